The molecule has 4 atom stereocenters. The van der Waals surface area contributed by atoms with Crippen LogP contribution in [-0.2, 0) is 4.74 Å². The molecule has 3 fully saturated rings. The average Bonchev–Trinajstić information content (AvgIpc) is 2.90. The van der Waals surface area contributed by atoms with Gasteiger partial charge in [-0.3, -0.25) is 0 Å². The van der Waals surface area contributed by atoms with Crippen molar-refractivity contribution in [3.8, 4) is 5.75 Å². The molecule has 1 aromatic carbocycles. The standard InChI is InChI=1S/C20H29NO3/c1-13(2)24-15-6-3-5-14(11-15)17(22)12-21-18-16-7-10-23-19(16)20(18)8-4-9-20/h3,5-6,11,13,16-19,21-22H,4,7-10,12H2,1-2H3. The van der Waals surface area contributed by atoms with Crippen molar-refractivity contribution in [3.63, 3.8) is 0 Å². The summed E-state index contributed by atoms with van der Waals surface area (Å²) >= 11 is 0. The molecule has 1 spiro atoms. The number of rotatable bonds is 6. The largest absolute Gasteiger partial charge is 0.491 e. The second-order valence-corrected chi connectivity index (χ2v) is 7.97. The Hall–Kier alpha value is -1.10. The maximum atomic E-state index is 10.6. The van der Waals surface area contributed by atoms with Crippen LogP contribution >= 0.6 is 0 Å². The molecule has 1 aliphatic heterocycles. The second-order valence-electron chi connectivity index (χ2n) is 7.97. The molecule has 2 aliphatic carbocycles. The Morgan fingerprint density at radius 2 is 2.21 bits per heavy atom. The second kappa shape index (κ2) is 6.32. The fourth-order valence-corrected chi connectivity index (χ4v) is 4.98. The SMILES string of the molecule is CC(C)Oc1cccc(C(O)CNC2C3CCOC3C23CCC3)c1. The fraction of sp³-hybridized carbons (Fsp3) is 0.700. The van der Waals surface area contributed by atoms with Crippen LogP contribution in [0.5, 0.6) is 5.75 Å². The first-order valence-electron chi connectivity index (χ1n) is 9.40. The Morgan fingerprint density at radius 3 is 2.92 bits per heavy atom. The molecule has 24 heavy (non-hydrogen) atoms. The molecule has 0 radical (unpaired) electrons. The van der Waals surface area contributed by atoms with E-state index in [1.807, 2.05) is 38.1 Å². The lowest BCUT2D eigenvalue weighted by molar-refractivity contribution is -0.177. The predicted molar refractivity (Wildman–Crippen MR) is 93.1 cm³/mol. The maximum Gasteiger partial charge on any atom is 0.120 e. The van der Waals surface area contributed by atoms with Gasteiger partial charge in [-0.05, 0) is 50.8 Å². The topological polar surface area (TPSA) is 50.7 Å². The summed E-state index contributed by atoms with van der Waals surface area (Å²) in [5.74, 6) is 1.47. The van der Waals surface area contributed by atoms with E-state index in [4.69, 9.17) is 9.47 Å². The Balaban J connectivity index is 1.37. The molecule has 4 heteroatoms. The van der Waals surface area contributed by atoms with Gasteiger partial charge in [0, 0.05) is 30.5 Å². The van der Waals surface area contributed by atoms with Crippen LogP contribution in [-0.4, -0.2) is 36.5 Å². The fourth-order valence-electron chi connectivity index (χ4n) is 4.98. The highest BCUT2D eigenvalue weighted by Crippen LogP contribution is 2.62. The van der Waals surface area contributed by atoms with Gasteiger partial charge >= 0.3 is 0 Å². The van der Waals surface area contributed by atoms with Crippen molar-refractivity contribution in [2.75, 3.05) is 13.2 Å². The van der Waals surface area contributed by atoms with Gasteiger partial charge in [-0.1, -0.05) is 18.6 Å². The normalized spacial score (nSPS) is 31.4. The number of benzene rings is 1. The van der Waals surface area contributed by atoms with Crippen molar-refractivity contribution in [1.82, 2.24) is 5.32 Å². The number of aliphatic hydroxyl groups is 1. The summed E-state index contributed by atoms with van der Waals surface area (Å²) in [6.45, 7) is 5.53. The summed E-state index contributed by atoms with van der Waals surface area (Å²) in [4.78, 5) is 0. The van der Waals surface area contributed by atoms with Gasteiger partial charge in [0.15, 0.2) is 0 Å². The molecular formula is C20H29NO3. The van der Waals surface area contributed by atoms with Crippen LogP contribution < -0.4 is 10.1 Å². The zero-order valence-corrected chi connectivity index (χ0v) is 14.7. The van der Waals surface area contributed by atoms with Gasteiger partial charge in [0.05, 0.1) is 18.3 Å². The minimum absolute atomic E-state index is 0.142. The van der Waals surface area contributed by atoms with Gasteiger partial charge in [0.1, 0.15) is 5.75 Å². The Kier molecular flexibility index (Phi) is 4.31. The molecule has 1 saturated heterocycles. The summed E-state index contributed by atoms with van der Waals surface area (Å²) in [6, 6.07) is 8.34. The number of nitrogens with one attached hydrogen (secondary N) is 1. The smallest absolute Gasteiger partial charge is 0.120 e. The molecular weight excluding hydrogens is 302 g/mol. The Bertz CT molecular complexity index is 584. The first-order valence-corrected chi connectivity index (χ1v) is 9.40. The highest BCUT2D eigenvalue weighted by atomic mass is 16.5. The van der Waals surface area contributed by atoms with E-state index in [0.717, 1.165) is 24.3 Å². The van der Waals surface area contributed by atoms with E-state index in [1.54, 1.807) is 0 Å². The molecule has 0 amide bonds. The van der Waals surface area contributed by atoms with Crippen LogP contribution in [0.15, 0.2) is 24.3 Å². The van der Waals surface area contributed by atoms with Crippen molar-refractivity contribution in [1.29, 1.82) is 0 Å². The molecule has 3 aliphatic rings. The van der Waals surface area contributed by atoms with E-state index < -0.39 is 6.10 Å². The van der Waals surface area contributed by atoms with E-state index >= 15 is 0 Å². The van der Waals surface area contributed by atoms with Gasteiger partial charge in [0.2, 0.25) is 0 Å². The molecule has 132 valence electrons. The lowest BCUT2D eigenvalue weighted by atomic mass is 9.46. The third-order valence-corrected chi connectivity index (χ3v) is 6.18. The Labute approximate surface area is 144 Å². The minimum Gasteiger partial charge on any atom is -0.491 e. The van der Waals surface area contributed by atoms with Gasteiger partial charge in [0.25, 0.3) is 0 Å². The van der Waals surface area contributed by atoms with E-state index in [9.17, 15) is 5.11 Å². The third kappa shape index (κ3) is 2.65. The van der Waals surface area contributed by atoms with Gasteiger partial charge in [-0.15, -0.1) is 0 Å². The van der Waals surface area contributed by atoms with Crippen LogP contribution in [0.1, 0.15) is 51.2 Å². The molecule has 4 rings (SSSR count). The summed E-state index contributed by atoms with van der Waals surface area (Å²) in [6.07, 6.45) is 5.16. The Morgan fingerprint density at radius 1 is 1.38 bits per heavy atom. The van der Waals surface area contributed by atoms with Gasteiger partial charge in [-0.25, -0.2) is 0 Å². The van der Waals surface area contributed by atoms with Crippen molar-refractivity contribution in [3.05, 3.63) is 29.8 Å². The summed E-state index contributed by atoms with van der Waals surface area (Å²) < 4.78 is 11.7. The van der Waals surface area contributed by atoms with Crippen LogP contribution in [0, 0.1) is 11.3 Å². The molecule has 0 bridgehead atoms. The number of aliphatic hydroxyl groups excluding tert-OH is 1. The number of hydrogen-bond acceptors (Lipinski definition) is 4. The third-order valence-electron chi connectivity index (χ3n) is 6.18. The number of fused-ring (bicyclic) bond motifs is 2. The van der Waals surface area contributed by atoms with Crippen molar-refractivity contribution >= 4 is 0 Å². The molecule has 2 N–H and O–H groups in total. The van der Waals surface area contributed by atoms with Gasteiger partial charge in [-0.2, -0.15) is 0 Å². The van der Waals surface area contributed by atoms with Crippen LogP contribution in [0.2, 0.25) is 0 Å². The summed E-state index contributed by atoms with van der Waals surface area (Å²) in [7, 11) is 0. The molecule has 4 unspecified atom stereocenters. The van der Waals surface area contributed by atoms with E-state index in [1.165, 1.54) is 19.3 Å². The highest BCUT2D eigenvalue weighted by molar-refractivity contribution is 5.30. The highest BCUT2D eigenvalue weighted by Gasteiger charge is 2.66. The summed E-state index contributed by atoms with van der Waals surface area (Å²) in [5, 5.41) is 14.3. The lowest BCUT2D eigenvalue weighted by Crippen LogP contribution is -2.71. The first-order chi connectivity index (χ1) is 11.6. The lowest BCUT2D eigenvalue weighted by Gasteiger charge is -2.63. The van der Waals surface area contributed by atoms with Crippen LogP contribution in [0.4, 0.5) is 0 Å². The number of ether oxygens (including phenoxy) is 2. The molecule has 0 aromatic heterocycles. The minimum atomic E-state index is -0.501. The zero-order valence-electron chi connectivity index (χ0n) is 14.7. The zero-order chi connectivity index (χ0) is 16.7. The summed E-state index contributed by atoms with van der Waals surface area (Å²) in [5.41, 5.74) is 1.28. The number of hydrogen-bond donors (Lipinski definition) is 2. The van der Waals surface area contributed by atoms with Crippen molar-refractivity contribution < 1.29 is 14.6 Å². The quantitative estimate of drug-likeness (QED) is 0.841. The molecule has 1 aromatic rings. The average molecular weight is 331 g/mol. The molecule has 4 nitrogen and oxygen atoms in total. The first kappa shape index (κ1) is 16.4. The van der Waals surface area contributed by atoms with Crippen LogP contribution in [0.3, 0.4) is 0 Å². The van der Waals surface area contributed by atoms with Gasteiger partial charge < -0.3 is 19.9 Å². The monoisotopic (exact) mass is 331 g/mol. The maximum absolute atomic E-state index is 10.6. The van der Waals surface area contributed by atoms with E-state index in [2.05, 4.69) is 5.32 Å². The van der Waals surface area contributed by atoms with E-state index in [0.29, 0.717) is 30.0 Å². The van der Waals surface area contributed by atoms with Crippen molar-refractivity contribution in [2.24, 2.45) is 11.3 Å². The van der Waals surface area contributed by atoms with E-state index in [-0.39, 0.29) is 6.10 Å². The predicted octanol–water partition coefficient (Wildman–Crippen LogP) is 3.05. The molecule has 1 heterocycles. The van der Waals surface area contributed by atoms with Crippen LogP contribution in [0.25, 0.3) is 0 Å². The molecule has 2 saturated carbocycles. The van der Waals surface area contributed by atoms with Crippen molar-refractivity contribution in [2.45, 2.75) is 63.9 Å².